The van der Waals surface area contributed by atoms with Gasteiger partial charge in [-0.1, -0.05) is 0 Å². The van der Waals surface area contributed by atoms with E-state index in [2.05, 4.69) is 0 Å². The summed E-state index contributed by atoms with van der Waals surface area (Å²) in [6, 6.07) is 0. The van der Waals surface area contributed by atoms with Crippen molar-refractivity contribution in [1.29, 1.82) is 0 Å². The van der Waals surface area contributed by atoms with Crippen molar-refractivity contribution < 1.29 is 19.8 Å². The van der Waals surface area contributed by atoms with Crippen LogP contribution in [-0.2, 0) is 0 Å². The van der Waals surface area contributed by atoms with Crippen LogP contribution in [0.3, 0.4) is 0 Å². The van der Waals surface area contributed by atoms with Gasteiger partial charge in [-0.3, -0.25) is 0 Å². The predicted molar refractivity (Wildman–Crippen MR) is 69.0 cm³/mol. The van der Waals surface area contributed by atoms with Gasteiger partial charge in [0, 0.05) is 24.2 Å². The zero-order valence-electron chi connectivity index (χ0n) is 12.0. The highest BCUT2D eigenvalue weighted by molar-refractivity contribution is 5.67. The molecule has 2 N–H and O–H groups in total. The van der Waals surface area contributed by atoms with Gasteiger partial charge in [0.15, 0.2) is 0 Å². The third-order valence-corrected chi connectivity index (χ3v) is 2.63. The highest BCUT2D eigenvalue weighted by atomic mass is 16.4. The zero-order valence-corrected chi connectivity index (χ0v) is 12.0. The Kier molecular flexibility index (Phi) is 5.01. The summed E-state index contributed by atoms with van der Waals surface area (Å²) in [5, 5.41) is 18.2. The fraction of sp³-hybridized carbons (Fsp3) is 0.833. The number of carbonyl (C=O) groups is 2. The van der Waals surface area contributed by atoms with Crippen LogP contribution in [-0.4, -0.2) is 56.4 Å². The van der Waals surface area contributed by atoms with Crippen molar-refractivity contribution in [2.75, 3.05) is 13.1 Å². The second-order valence-electron chi connectivity index (χ2n) is 6.21. The third-order valence-electron chi connectivity index (χ3n) is 2.63. The van der Waals surface area contributed by atoms with Crippen LogP contribution in [0.15, 0.2) is 0 Å². The molecule has 0 aliphatic heterocycles. The van der Waals surface area contributed by atoms with Gasteiger partial charge < -0.3 is 20.0 Å². The maximum absolute atomic E-state index is 11.1. The van der Waals surface area contributed by atoms with Crippen LogP contribution in [0.4, 0.5) is 9.59 Å². The topological polar surface area (TPSA) is 81.1 Å². The van der Waals surface area contributed by atoms with E-state index >= 15 is 0 Å². The molecule has 0 aromatic rings. The average molecular weight is 260 g/mol. The van der Waals surface area contributed by atoms with Gasteiger partial charge in [-0.15, -0.1) is 0 Å². The van der Waals surface area contributed by atoms with E-state index in [9.17, 15) is 9.59 Å². The molecule has 0 radical (unpaired) electrons. The van der Waals surface area contributed by atoms with Gasteiger partial charge in [-0.25, -0.2) is 9.59 Å². The lowest BCUT2D eigenvalue weighted by Gasteiger charge is -2.38. The number of carboxylic acid groups (broad SMARTS) is 2. The highest BCUT2D eigenvalue weighted by Gasteiger charge is 2.30. The molecule has 0 fully saturated rings. The minimum Gasteiger partial charge on any atom is -0.465 e. The molecule has 6 heteroatoms. The summed E-state index contributed by atoms with van der Waals surface area (Å²) in [7, 11) is 0. The second kappa shape index (κ2) is 5.46. The zero-order chi connectivity index (χ0) is 14.7. The molecule has 0 aliphatic rings. The SMILES string of the molecule is CC(C)(C)N(CCN(C(=O)O)C(C)(C)C)C(=O)O. The molecule has 0 saturated heterocycles. The van der Waals surface area contributed by atoms with E-state index in [0.29, 0.717) is 0 Å². The normalized spacial score (nSPS) is 12.1. The molecule has 18 heavy (non-hydrogen) atoms. The minimum atomic E-state index is -1.04. The molecule has 2 amide bonds. The molecule has 0 aliphatic carbocycles. The van der Waals surface area contributed by atoms with E-state index in [4.69, 9.17) is 10.2 Å². The van der Waals surface area contributed by atoms with Crippen LogP contribution < -0.4 is 0 Å². The molecule has 0 aromatic heterocycles. The Bertz CT molecular complexity index is 283. The summed E-state index contributed by atoms with van der Waals surface area (Å²) < 4.78 is 0. The van der Waals surface area contributed by atoms with Gasteiger partial charge in [-0.05, 0) is 41.5 Å². The molecule has 106 valence electrons. The second-order valence-corrected chi connectivity index (χ2v) is 6.21. The number of hydrogen-bond acceptors (Lipinski definition) is 2. The van der Waals surface area contributed by atoms with Crippen molar-refractivity contribution in [3.63, 3.8) is 0 Å². The van der Waals surface area contributed by atoms with Crippen molar-refractivity contribution in [2.45, 2.75) is 52.6 Å². The molecule has 0 atom stereocenters. The molecule has 6 nitrogen and oxygen atoms in total. The van der Waals surface area contributed by atoms with Crippen LogP contribution in [0.25, 0.3) is 0 Å². The predicted octanol–water partition coefficient (Wildman–Crippen LogP) is 2.54. The van der Waals surface area contributed by atoms with E-state index in [0.717, 1.165) is 0 Å². The number of hydrogen-bond donors (Lipinski definition) is 2. The lowest BCUT2D eigenvalue weighted by Crippen LogP contribution is -2.52. The Hall–Kier alpha value is -1.46. The standard InChI is InChI=1S/C12H24N2O4/c1-11(2,3)13(9(15)16)7-8-14(10(17)18)12(4,5)6/h7-8H2,1-6H3,(H,15,16)(H,17,18). The molecule has 0 saturated carbocycles. The summed E-state index contributed by atoms with van der Waals surface area (Å²) in [5.74, 6) is 0. The maximum atomic E-state index is 11.1. The number of nitrogens with zero attached hydrogens (tertiary/aromatic N) is 2. The lowest BCUT2D eigenvalue weighted by molar-refractivity contribution is 0.0669. The van der Waals surface area contributed by atoms with Gasteiger partial charge in [-0.2, -0.15) is 0 Å². The summed E-state index contributed by atoms with van der Waals surface area (Å²) in [6.45, 7) is 11.0. The minimum absolute atomic E-state index is 0.155. The van der Waals surface area contributed by atoms with E-state index in [1.807, 2.05) is 0 Å². The van der Waals surface area contributed by atoms with E-state index in [1.54, 1.807) is 41.5 Å². The Morgan fingerprint density at radius 1 is 0.778 bits per heavy atom. The third kappa shape index (κ3) is 4.81. The summed E-state index contributed by atoms with van der Waals surface area (Å²) in [4.78, 5) is 24.8. The van der Waals surface area contributed by atoms with Gasteiger partial charge in [0.1, 0.15) is 0 Å². The van der Waals surface area contributed by atoms with Gasteiger partial charge in [0.05, 0.1) is 0 Å². The van der Waals surface area contributed by atoms with Crippen molar-refractivity contribution in [1.82, 2.24) is 9.80 Å². The average Bonchev–Trinajstić information content (AvgIpc) is 2.05. The van der Waals surface area contributed by atoms with Crippen LogP contribution >= 0.6 is 0 Å². The van der Waals surface area contributed by atoms with Crippen molar-refractivity contribution >= 4 is 12.2 Å². The Labute approximate surface area is 108 Å². The summed E-state index contributed by atoms with van der Waals surface area (Å²) in [6.07, 6.45) is -2.08. The Balaban J connectivity index is 4.80. The molecule has 0 spiro atoms. The summed E-state index contributed by atoms with van der Waals surface area (Å²) in [5.41, 5.74) is -1.10. The largest absolute Gasteiger partial charge is 0.465 e. The van der Waals surface area contributed by atoms with Gasteiger partial charge in [0.2, 0.25) is 0 Å². The Morgan fingerprint density at radius 3 is 1.11 bits per heavy atom. The van der Waals surface area contributed by atoms with Crippen LogP contribution in [0.5, 0.6) is 0 Å². The fourth-order valence-electron chi connectivity index (χ4n) is 1.64. The lowest BCUT2D eigenvalue weighted by atomic mass is 10.1. The fourth-order valence-corrected chi connectivity index (χ4v) is 1.64. The van der Waals surface area contributed by atoms with Crippen molar-refractivity contribution in [3.8, 4) is 0 Å². The first-order valence-electron chi connectivity index (χ1n) is 5.88. The van der Waals surface area contributed by atoms with E-state index in [-0.39, 0.29) is 13.1 Å². The quantitative estimate of drug-likeness (QED) is 0.817. The van der Waals surface area contributed by atoms with Crippen molar-refractivity contribution in [2.24, 2.45) is 0 Å². The molecule has 0 bridgehead atoms. The number of rotatable bonds is 3. The van der Waals surface area contributed by atoms with Crippen molar-refractivity contribution in [3.05, 3.63) is 0 Å². The molecular weight excluding hydrogens is 236 g/mol. The first-order valence-corrected chi connectivity index (χ1v) is 5.88. The molecule has 0 heterocycles. The maximum Gasteiger partial charge on any atom is 0.407 e. The van der Waals surface area contributed by atoms with Gasteiger partial charge in [0.25, 0.3) is 0 Å². The monoisotopic (exact) mass is 260 g/mol. The summed E-state index contributed by atoms with van der Waals surface area (Å²) >= 11 is 0. The van der Waals surface area contributed by atoms with Crippen LogP contribution in [0.2, 0.25) is 0 Å². The first-order chi connectivity index (χ1) is 7.87. The number of amides is 2. The Morgan fingerprint density at radius 2 is 1.00 bits per heavy atom. The van der Waals surface area contributed by atoms with E-state index in [1.165, 1.54) is 9.80 Å². The molecular formula is C12H24N2O4. The molecule has 0 rings (SSSR count). The molecule has 0 unspecified atom stereocenters. The smallest absolute Gasteiger partial charge is 0.407 e. The molecule has 0 aromatic carbocycles. The van der Waals surface area contributed by atoms with Crippen LogP contribution in [0.1, 0.15) is 41.5 Å². The van der Waals surface area contributed by atoms with Crippen LogP contribution in [0, 0.1) is 0 Å². The van der Waals surface area contributed by atoms with E-state index < -0.39 is 23.3 Å². The van der Waals surface area contributed by atoms with Gasteiger partial charge >= 0.3 is 12.2 Å². The first kappa shape index (κ1) is 16.5. The highest BCUT2D eigenvalue weighted by Crippen LogP contribution is 2.17.